The predicted molar refractivity (Wildman–Crippen MR) is 104 cm³/mol. The second-order valence-corrected chi connectivity index (χ2v) is 6.95. The van der Waals surface area contributed by atoms with E-state index in [0.29, 0.717) is 0 Å². The van der Waals surface area contributed by atoms with Gasteiger partial charge in [-0.25, -0.2) is 0 Å². The Labute approximate surface area is 151 Å². The summed E-state index contributed by atoms with van der Waals surface area (Å²) in [5.74, 6) is -0.0369. The van der Waals surface area contributed by atoms with Crippen molar-refractivity contribution in [1.82, 2.24) is 5.32 Å². The Bertz CT molecular complexity index is 758. The topological polar surface area (TPSA) is 29.1 Å². The van der Waals surface area contributed by atoms with Gasteiger partial charge in [0.05, 0.1) is 6.04 Å². The second-order valence-electron chi connectivity index (χ2n) is 6.95. The summed E-state index contributed by atoms with van der Waals surface area (Å²) in [4.78, 5) is 12.3. The molecule has 2 aromatic carbocycles. The van der Waals surface area contributed by atoms with Crippen LogP contribution in [-0.4, -0.2) is 5.91 Å². The fraction of sp³-hybridized carbons (Fsp3) is 0.348. The molecule has 2 aromatic rings. The molecule has 1 N–H and O–H groups in total. The molecule has 25 heavy (non-hydrogen) atoms. The summed E-state index contributed by atoms with van der Waals surface area (Å²) in [7, 11) is 0. The van der Waals surface area contributed by atoms with E-state index in [4.69, 9.17) is 0 Å². The smallest absolute Gasteiger partial charge is 0.244 e. The van der Waals surface area contributed by atoms with Gasteiger partial charge >= 0.3 is 0 Å². The highest BCUT2D eigenvalue weighted by Gasteiger charge is 2.15. The van der Waals surface area contributed by atoms with Crippen LogP contribution < -0.4 is 5.32 Å². The number of fused-ring (bicyclic) bond motifs is 1. The Hall–Kier alpha value is -2.35. The van der Waals surface area contributed by atoms with Crippen LogP contribution in [0.15, 0.2) is 48.5 Å². The van der Waals surface area contributed by atoms with Gasteiger partial charge in [0.25, 0.3) is 0 Å². The molecule has 1 unspecified atom stereocenters. The molecule has 0 bridgehead atoms. The molecule has 2 nitrogen and oxygen atoms in total. The largest absolute Gasteiger partial charge is 0.346 e. The maximum atomic E-state index is 12.3. The molecule has 1 aliphatic rings. The number of carbonyl (C=O) groups excluding carboxylic acids is 1. The molecule has 1 aliphatic carbocycles. The highest BCUT2D eigenvalue weighted by atomic mass is 16.1. The van der Waals surface area contributed by atoms with Gasteiger partial charge in [0, 0.05) is 6.08 Å². The third kappa shape index (κ3) is 4.60. The van der Waals surface area contributed by atoms with Crippen LogP contribution in [-0.2, 0) is 17.6 Å². The molecule has 0 heterocycles. The Morgan fingerprint density at radius 1 is 1.08 bits per heavy atom. The van der Waals surface area contributed by atoms with Crippen molar-refractivity contribution in [3.63, 3.8) is 0 Å². The average Bonchev–Trinajstić information content (AvgIpc) is 2.65. The van der Waals surface area contributed by atoms with Gasteiger partial charge in [-0.1, -0.05) is 55.0 Å². The lowest BCUT2D eigenvalue weighted by molar-refractivity contribution is -0.117. The molecule has 0 aliphatic heterocycles. The summed E-state index contributed by atoms with van der Waals surface area (Å²) >= 11 is 0. The number of hydrogen-bond donors (Lipinski definition) is 1. The van der Waals surface area contributed by atoms with Crippen molar-refractivity contribution in [3.05, 3.63) is 76.4 Å². The van der Waals surface area contributed by atoms with Gasteiger partial charge in [-0.3, -0.25) is 4.79 Å². The van der Waals surface area contributed by atoms with Gasteiger partial charge in [0.15, 0.2) is 0 Å². The number of aryl methyl sites for hydroxylation is 3. The molecule has 1 amide bonds. The van der Waals surface area contributed by atoms with Gasteiger partial charge < -0.3 is 5.32 Å². The van der Waals surface area contributed by atoms with Crippen LogP contribution in [0, 0.1) is 6.92 Å². The fourth-order valence-corrected chi connectivity index (χ4v) is 3.46. The summed E-state index contributed by atoms with van der Waals surface area (Å²) in [5, 5.41) is 3.15. The minimum absolute atomic E-state index is 0.0369. The van der Waals surface area contributed by atoms with Crippen molar-refractivity contribution >= 4 is 12.0 Å². The lowest BCUT2D eigenvalue weighted by atomic mass is 9.89. The molecule has 0 aromatic heterocycles. The predicted octanol–water partition coefficient (Wildman–Crippen LogP) is 5.15. The molecular weight excluding hydrogens is 306 g/mol. The number of benzene rings is 2. The van der Waals surface area contributed by atoms with E-state index in [1.165, 1.54) is 47.9 Å². The van der Waals surface area contributed by atoms with E-state index < -0.39 is 0 Å². The molecule has 2 heteroatoms. The zero-order valence-electron chi connectivity index (χ0n) is 15.2. The number of amides is 1. The first kappa shape index (κ1) is 17.5. The van der Waals surface area contributed by atoms with Crippen LogP contribution in [0.4, 0.5) is 0 Å². The number of nitrogens with one attached hydrogen (secondary N) is 1. The molecule has 1 atom stereocenters. The van der Waals surface area contributed by atoms with Crippen LogP contribution in [0.25, 0.3) is 6.08 Å². The molecule has 0 saturated heterocycles. The molecule has 0 saturated carbocycles. The van der Waals surface area contributed by atoms with Gasteiger partial charge in [0.2, 0.25) is 5.91 Å². The van der Waals surface area contributed by atoms with Crippen LogP contribution >= 0.6 is 0 Å². The quantitative estimate of drug-likeness (QED) is 0.753. The first-order chi connectivity index (χ1) is 12.2. The van der Waals surface area contributed by atoms with Crippen molar-refractivity contribution in [3.8, 4) is 0 Å². The van der Waals surface area contributed by atoms with E-state index in [0.717, 1.165) is 12.0 Å². The van der Waals surface area contributed by atoms with Crippen LogP contribution in [0.5, 0.6) is 0 Å². The SMILES string of the molecule is CCC(NC(=O)/C=C/c1ccc(C)cc1)c1ccc2c(c1)CCCC2. The third-order valence-electron chi connectivity index (χ3n) is 5.00. The van der Waals surface area contributed by atoms with Crippen LogP contribution in [0.3, 0.4) is 0 Å². The summed E-state index contributed by atoms with van der Waals surface area (Å²) in [6.07, 6.45) is 9.32. The molecule has 3 rings (SSSR count). The highest BCUT2D eigenvalue weighted by Crippen LogP contribution is 2.26. The van der Waals surface area contributed by atoms with E-state index in [1.807, 2.05) is 18.2 Å². The maximum Gasteiger partial charge on any atom is 0.244 e. The van der Waals surface area contributed by atoms with E-state index in [-0.39, 0.29) is 11.9 Å². The summed E-state index contributed by atoms with van der Waals surface area (Å²) in [5.41, 5.74) is 6.44. The van der Waals surface area contributed by atoms with Crippen molar-refractivity contribution in [2.45, 2.75) is 52.0 Å². The molecule has 0 radical (unpaired) electrons. The van der Waals surface area contributed by atoms with Crippen molar-refractivity contribution in [1.29, 1.82) is 0 Å². The minimum Gasteiger partial charge on any atom is -0.346 e. The Morgan fingerprint density at radius 3 is 2.52 bits per heavy atom. The van der Waals surface area contributed by atoms with Gasteiger partial charge in [-0.2, -0.15) is 0 Å². The fourth-order valence-electron chi connectivity index (χ4n) is 3.46. The van der Waals surface area contributed by atoms with Crippen molar-refractivity contribution in [2.24, 2.45) is 0 Å². The number of hydrogen-bond acceptors (Lipinski definition) is 1. The number of carbonyl (C=O) groups is 1. The van der Waals surface area contributed by atoms with Gasteiger partial charge in [0.1, 0.15) is 0 Å². The molecule has 0 fully saturated rings. The minimum atomic E-state index is -0.0369. The second kappa shape index (κ2) is 8.15. The first-order valence-corrected chi connectivity index (χ1v) is 9.32. The van der Waals surface area contributed by atoms with E-state index in [9.17, 15) is 4.79 Å². The average molecular weight is 333 g/mol. The molecule has 0 spiro atoms. The molecule has 130 valence electrons. The first-order valence-electron chi connectivity index (χ1n) is 9.32. The maximum absolute atomic E-state index is 12.3. The summed E-state index contributed by atoms with van der Waals surface area (Å²) in [6.45, 7) is 4.18. The highest BCUT2D eigenvalue weighted by molar-refractivity contribution is 5.92. The van der Waals surface area contributed by atoms with Crippen LogP contribution in [0.2, 0.25) is 0 Å². The Kier molecular flexibility index (Phi) is 5.70. The lowest BCUT2D eigenvalue weighted by Crippen LogP contribution is -2.26. The van der Waals surface area contributed by atoms with Crippen LogP contribution in [0.1, 0.15) is 60.0 Å². The zero-order chi connectivity index (χ0) is 17.6. The van der Waals surface area contributed by atoms with Gasteiger partial charge in [-0.15, -0.1) is 0 Å². The zero-order valence-corrected chi connectivity index (χ0v) is 15.2. The Balaban J connectivity index is 1.67. The van der Waals surface area contributed by atoms with Crippen molar-refractivity contribution < 1.29 is 4.79 Å². The van der Waals surface area contributed by atoms with E-state index in [1.54, 1.807) is 6.08 Å². The molecular formula is C23H27NO. The van der Waals surface area contributed by atoms with E-state index in [2.05, 4.69) is 49.5 Å². The Morgan fingerprint density at radius 2 is 1.80 bits per heavy atom. The normalized spacial score (nSPS) is 15.0. The summed E-state index contributed by atoms with van der Waals surface area (Å²) < 4.78 is 0. The van der Waals surface area contributed by atoms with E-state index >= 15 is 0 Å². The summed E-state index contributed by atoms with van der Waals surface area (Å²) in [6, 6.07) is 15.0. The van der Waals surface area contributed by atoms with Gasteiger partial charge in [-0.05, 0) is 67.4 Å². The number of rotatable bonds is 5. The third-order valence-corrected chi connectivity index (χ3v) is 5.00. The van der Waals surface area contributed by atoms with Crippen molar-refractivity contribution in [2.75, 3.05) is 0 Å². The lowest BCUT2D eigenvalue weighted by Gasteiger charge is -2.21. The standard InChI is InChI=1S/C23H27NO/c1-3-22(21-14-13-19-6-4-5-7-20(19)16-21)24-23(25)15-12-18-10-8-17(2)9-11-18/h8-16,22H,3-7H2,1-2H3,(H,24,25)/b15-12+. The monoisotopic (exact) mass is 333 g/mol.